The maximum Gasteiger partial charge on any atom is 0.146 e. The molecule has 19 heavy (non-hydrogen) atoms. The lowest BCUT2D eigenvalue weighted by atomic mass is 10.0. The quantitative estimate of drug-likeness (QED) is 0.643. The van der Waals surface area contributed by atoms with Crippen LogP contribution in [-0.4, -0.2) is 7.05 Å². The molecule has 0 fully saturated rings. The van der Waals surface area contributed by atoms with E-state index in [1.54, 1.807) is 18.5 Å². The summed E-state index contributed by atoms with van der Waals surface area (Å²) in [5, 5.41) is 4.53. The summed E-state index contributed by atoms with van der Waals surface area (Å²) < 4.78 is 13.7. The molecule has 0 heterocycles. The van der Waals surface area contributed by atoms with Crippen LogP contribution < -0.4 is 11.1 Å². The van der Waals surface area contributed by atoms with E-state index in [2.05, 4.69) is 11.9 Å². The molecule has 3 N–H and O–H groups in total. The number of hydrogen-bond donors (Lipinski definition) is 2. The fourth-order valence-corrected chi connectivity index (χ4v) is 2.34. The summed E-state index contributed by atoms with van der Waals surface area (Å²) in [4.78, 5) is 0.950. The molecule has 0 spiro atoms. The molecule has 98 valence electrons. The predicted molar refractivity (Wildman–Crippen MR) is 81.8 cm³/mol. The first kappa shape index (κ1) is 13.5. The van der Waals surface area contributed by atoms with Crippen molar-refractivity contribution in [3.8, 4) is 11.1 Å². The molecule has 0 radical (unpaired) electrons. The summed E-state index contributed by atoms with van der Waals surface area (Å²) in [6.45, 7) is 3.66. The zero-order valence-corrected chi connectivity index (χ0v) is 11.4. The lowest BCUT2D eigenvalue weighted by Gasteiger charge is -2.08. The molecule has 2 aromatic carbocycles. The van der Waals surface area contributed by atoms with Crippen LogP contribution >= 0.6 is 11.8 Å². The van der Waals surface area contributed by atoms with E-state index in [4.69, 9.17) is 5.73 Å². The van der Waals surface area contributed by atoms with Gasteiger partial charge in [0.2, 0.25) is 0 Å². The number of anilines is 2. The van der Waals surface area contributed by atoms with Crippen molar-refractivity contribution < 1.29 is 4.39 Å². The number of benzene rings is 2. The minimum Gasteiger partial charge on any atom is -0.398 e. The second-order valence-electron chi connectivity index (χ2n) is 3.98. The van der Waals surface area contributed by atoms with Crippen LogP contribution in [0.1, 0.15) is 0 Å². The molecular weight excluding hydrogens is 259 g/mol. The number of nitrogen functional groups attached to an aromatic ring is 1. The van der Waals surface area contributed by atoms with Crippen molar-refractivity contribution in [2.75, 3.05) is 18.1 Å². The highest BCUT2D eigenvalue weighted by molar-refractivity contribution is 8.02. The Morgan fingerprint density at radius 3 is 2.47 bits per heavy atom. The number of nitrogens with one attached hydrogen (secondary N) is 1. The molecule has 0 bridgehead atoms. The van der Waals surface area contributed by atoms with Gasteiger partial charge in [0.1, 0.15) is 5.82 Å². The Hall–Kier alpha value is -1.94. The van der Waals surface area contributed by atoms with Crippen molar-refractivity contribution in [2.24, 2.45) is 0 Å². The first-order valence-corrected chi connectivity index (χ1v) is 6.68. The van der Waals surface area contributed by atoms with E-state index >= 15 is 0 Å². The van der Waals surface area contributed by atoms with E-state index in [-0.39, 0.29) is 5.82 Å². The van der Waals surface area contributed by atoms with Crippen LogP contribution in [-0.2, 0) is 0 Å². The topological polar surface area (TPSA) is 38.0 Å². The first-order valence-electron chi connectivity index (χ1n) is 5.80. The molecule has 2 aromatic rings. The Labute approximate surface area is 116 Å². The van der Waals surface area contributed by atoms with Gasteiger partial charge in [0, 0.05) is 17.6 Å². The van der Waals surface area contributed by atoms with Gasteiger partial charge in [-0.15, -0.1) is 0 Å². The zero-order valence-electron chi connectivity index (χ0n) is 10.6. The van der Waals surface area contributed by atoms with E-state index in [9.17, 15) is 4.39 Å². The Kier molecular flexibility index (Phi) is 4.12. The van der Waals surface area contributed by atoms with E-state index in [1.165, 1.54) is 17.8 Å². The smallest absolute Gasteiger partial charge is 0.146 e. The average molecular weight is 274 g/mol. The average Bonchev–Trinajstić information content (AvgIpc) is 2.41. The Bertz CT molecular complexity index is 611. The molecule has 0 saturated carbocycles. The Balaban J connectivity index is 2.39. The molecule has 0 saturated heterocycles. The largest absolute Gasteiger partial charge is 0.398 e. The second kappa shape index (κ2) is 5.80. The highest BCUT2D eigenvalue weighted by atomic mass is 32.2. The van der Waals surface area contributed by atoms with E-state index < -0.39 is 0 Å². The maximum absolute atomic E-state index is 13.7. The van der Waals surface area contributed by atoms with Crippen molar-refractivity contribution in [1.29, 1.82) is 0 Å². The third kappa shape index (κ3) is 2.90. The summed E-state index contributed by atoms with van der Waals surface area (Å²) in [7, 11) is 1.69. The lowest BCUT2D eigenvalue weighted by molar-refractivity contribution is 0.632. The van der Waals surface area contributed by atoms with Gasteiger partial charge >= 0.3 is 0 Å². The predicted octanol–water partition coefficient (Wildman–Crippen LogP) is 4.35. The van der Waals surface area contributed by atoms with Crippen molar-refractivity contribution in [1.82, 2.24) is 0 Å². The van der Waals surface area contributed by atoms with Gasteiger partial charge in [-0.25, -0.2) is 4.39 Å². The summed E-state index contributed by atoms with van der Waals surface area (Å²) in [6, 6.07) is 10.8. The Morgan fingerprint density at radius 2 is 1.89 bits per heavy atom. The molecular formula is C15H15FN2S. The van der Waals surface area contributed by atoms with Gasteiger partial charge in [0.15, 0.2) is 0 Å². The van der Waals surface area contributed by atoms with Crippen molar-refractivity contribution in [2.45, 2.75) is 4.90 Å². The molecule has 0 unspecified atom stereocenters. The number of hydrogen-bond acceptors (Lipinski definition) is 3. The molecule has 2 rings (SSSR count). The van der Waals surface area contributed by atoms with Crippen LogP contribution in [0, 0.1) is 5.82 Å². The van der Waals surface area contributed by atoms with Gasteiger partial charge in [0.25, 0.3) is 0 Å². The van der Waals surface area contributed by atoms with Crippen molar-refractivity contribution in [3.05, 3.63) is 54.2 Å². The third-order valence-corrected chi connectivity index (χ3v) is 3.58. The van der Waals surface area contributed by atoms with Crippen LogP contribution in [0.3, 0.4) is 0 Å². The third-order valence-electron chi connectivity index (χ3n) is 2.79. The van der Waals surface area contributed by atoms with Crippen LogP contribution in [0.2, 0.25) is 0 Å². The molecule has 0 aromatic heterocycles. The standard InChI is InChI=1S/C15H15FN2S/c1-3-19-15-7-5-11(9-13(15)17)10-4-6-14(18-2)12(16)8-10/h3-9,18H,1,17H2,2H3. The highest BCUT2D eigenvalue weighted by Crippen LogP contribution is 2.31. The highest BCUT2D eigenvalue weighted by Gasteiger charge is 2.06. The zero-order chi connectivity index (χ0) is 13.8. The molecule has 0 aliphatic rings. The monoisotopic (exact) mass is 274 g/mol. The van der Waals surface area contributed by atoms with E-state index in [1.807, 2.05) is 24.3 Å². The fraction of sp³-hybridized carbons (Fsp3) is 0.0667. The van der Waals surface area contributed by atoms with Gasteiger partial charge in [-0.2, -0.15) is 0 Å². The maximum atomic E-state index is 13.7. The Morgan fingerprint density at radius 1 is 1.21 bits per heavy atom. The number of thioether (sulfide) groups is 1. The molecule has 0 aliphatic carbocycles. The second-order valence-corrected chi connectivity index (χ2v) is 4.99. The summed E-state index contributed by atoms with van der Waals surface area (Å²) in [5.41, 5.74) is 8.81. The van der Waals surface area contributed by atoms with Crippen LogP contribution in [0.5, 0.6) is 0 Å². The summed E-state index contributed by atoms with van der Waals surface area (Å²) >= 11 is 1.47. The SMILES string of the molecule is C=CSc1ccc(-c2ccc(NC)c(F)c2)cc1N. The van der Waals surface area contributed by atoms with Crippen LogP contribution in [0.25, 0.3) is 11.1 Å². The summed E-state index contributed by atoms with van der Waals surface area (Å²) in [5.74, 6) is -0.275. The van der Waals surface area contributed by atoms with Crippen molar-refractivity contribution >= 4 is 23.1 Å². The molecule has 0 amide bonds. The normalized spacial score (nSPS) is 10.2. The molecule has 2 nitrogen and oxygen atoms in total. The van der Waals surface area contributed by atoms with Crippen LogP contribution in [0.15, 0.2) is 53.3 Å². The van der Waals surface area contributed by atoms with E-state index in [0.29, 0.717) is 11.4 Å². The number of nitrogens with two attached hydrogens (primary N) is 1. The van der Waals surface area contributed by atoms with Gasteiger partial charge in [-0.3, -0.25) is 0 Å². The first-order chi connectivity index (χ1) is 9.15. The number of rotatable bonds is 4. The molecule has 0 aliphatic heterocycles. The van der Waals surface area contributed by atoms with Gasteiger partial charge in [0.05, 0.1) is 5.69 Å². The minimum atomic E-state index is -0.275. The molecule has 4 heteroatoms. The fourth-order valence-electron chi connectivity index (χ4n) is 1.82. The van der Waals surface area contributed by atoms with Gasteiger partial charge in [-0.05, 0) is 40.8 Å². The van der Waals surface area contributed by atoms with Crippen molar-refractivity contribution in [3.63, 3.8) is 0 Å². The van der Waals surface area contributed by atoms with Crippen LogP contribution in [0.4, 0.5) is 15.8 Å². The summed E-state index contributed by atoms with van der Waals surface area (Å²) in [6.07, 6.45) is 0. The number of halogens is 1. The minimum absolute atomic E-state index is 0.275. The van der Waals surface area contributed by atoms with E-state index in [0.717, 1.165) is 16.0 Å². The molecule has 0 atom stereocenters. The lowest BCUT2D eigenvalue weighted by Crippen LogP contribution is -1.93. The van der Waals surface area contributed by atoms with Gasteiger partial charge in [-0.1, -0.05) is 30.5 Å². The van der Waals surface area contributed by atoms with Gasteiger partial charge < -0.3 is 11.1 Å².